The van der Waals surface area contributed by atoms with E-state index in [1.165, 1.54) is 28.4 Å². The van der Waals surface area contributed by atoms with Crippen LogP contribution >= 0.6 is 0 Å². The van der Waals surface area contributed by atoms with Crippen LogP contribution in [0.2, 0.25) is 0 Å². The number of benzene rings is 4. The Morgan fingerprint density at radius 1 is 0.750 bits per heavy atom. The Balaban J connectivity index is 0. The number of terminal acetylenes is 2. The van der Waals surface area contributed by atoms with Crippen molar-refractivity contribution in [3.05, 3.63) is 142 Å². The molecule has 1 aliphatic heterocycles. The number of carbonyl (C=O) groups excluding carboxylic acids is 5. The highest BCUT2D eigenvalue weighted by molar-refractivity contribution is 5.91. The van der Waals surface area contributed by atoms with Crippen molar-refractivity contribution in [2.24, 2.45) is 5.73 Å². The maximum atomic E-state index is 12.2. The summed E-state index contributed by atoms with van der Waals surface area (Å²) in [6.07, 6.45) is 13.0. The Labute approximate surface area is 378 Å². The van der Waals surface area contributed by atoms with Gasteiger partial charge in [0, 0.05) is 55.0 Å². The summed E-state index contributed by atoms with van der Waals surface area (Å²) in [6.45, 7) is 0. The fraction of sp³-hybridized carbons (Fsp3) is 0.235. The number of H-pyrrole nitrogens is 2. The minimum absolute atomic E-state index is 0. The molecule has 0 aliphatic carbocycles. The van der Waals surface area contributed by atoms with Gasteiger partial charge in [-0.15, -0.1) is 12.8 Å². The minimum Gasteiger partial charge on any atom is -0.468 e. The van der Waals surface area contributed by atoms with E-state index in [4.69, 9.17) is 28.1 Å². The van der Waals surface area contributed by atoms with Crippen molar-refractivity contribution in [2.75, 3.05) is 28.4 Å². The van der Waals surface area contributed by atoms with Crippen molar-refractivity contribution in [3.63, 3.8) is 0 Å². The number of methoxy groups -OCH3 is 4. The number of carbonyl (C=O) groups is 5. The minimum atomic E-state index is -0.607. The second kappa shape index (κ2) is 27.1. The number of aromatic amines is 2. The molecule has 2 aromatic heterocycles. The molecule has 0 fully saturated rings. The number of fused-ring (bicyclic) bond motifs is 4. The highest BCUT2D eigenvalue weighted by atomic mass is 16.5. The predicted octanol–water partition coefficient (Wildman–Crippen LogP) is 7.88. The Morgan fingerprint density at radius 3 is 1.80 bits per heavy atom. The Kier molecular flexibility index (Phi) is 23.0. The molecule has 0 spiro atoms. The van der Waals surface area contributed by atoms with E-state index in [9.17, 15) is 24.0 Å². The molecule has 0 amide bonds. The van der Waals surface area contributed by atoms with Crippen LogP contribution in [0.5, 0.6) is 0 Å². The number of aldehydes is 1. The van der Waals surface area contributed by atoms with Gasteiger partial charge in [0.1, 0.15) is 18.4 Å². The summed E-state index contributed by atoms with van der Waals surface area (Å²) in [5.74, 6) is 7.16. The van der Waals surface area contributed by atoms with Crippen molar-refractivity contribution >= 4 is 52.0 Å². The molecule has 0 radical (unpaired) electrons. The second-order valence-corrected chi connectivity index (χ2v) is 13.0. The monoisotopic (exact) mass is 872 g/mol. The molecular weight excluding hydrogens is 813 g/mol. The third kappa shape index (κ3) is 14.1. The van der Waals surface area contributed by atoms with E-state index in [2.05, 4.69) is 54.5 Å². The Hall–Kier alpha value is -7.89. The van der Waals surface area contributed by atoms with Gasteiger partial charge in [0.2, 0.25) is 0 Å². The summed E-state index contributed by atoms with van der Waals surface area (Å²) in [4.78, 5) is 62.9. The summed E-state index contributed by atoms with van der Waals surface area (Å²) < 4.78 is 18.8. The molecule has 2 unspecified atom stereocenters. The van der Waals surface area contributed by atoms with E-state index < -0.39 is 18.1 Å². The van der Waals surface area contributed by atoms with Crippen LogP contribution in [-0.4, -0.2) is 80.7 Å². The topological polar surface area (TPSA) is 192 Å². The van der Waals surface area contributed by atoms with Gasteiger partial charge >= 0.3 is 23.9 Å². The van der Waals surface area contributed by atoms with Crippen molar-refractivity contribution < 1.29 is 45.8 Å². The third-order valence-corrected chi connectivity index (χ3v) is 9.36. The number of hydrogen-bond donors (Lipinski definition) is 4. The molecule has 3 heterocycles. The first-order valence-electron chi connectivity index (χ1n) is 18.6. The van der Waals surface area contributed by atoms with E-state index in [-0.39, 0.29) is 49.1 Å². The van der Waals surface area contributed by atoms with Crippen LogP contribution in [0.25, 0.3) is 21.8 Å². The Morgan fingerprint density at radius 2 is 1.28 bits per heavy atom. The van der Waals surface area contributed by atoms with E-state index in [1.54, 1.807) is 36.4 Å². The normalized spacial score (nSPS) is 13.0. The van der Waals surface area contributed by atoms with Gasteiger partial charge < -0.3 is 34.6 Å². The smallest absolute Gasteiger partial charge is 0.337 e. The molecule has 64 heavy (non-hydrogen) atoms. The third-order valence-electron chi connectivity index (χ3n) is 9.36. The summed E-state index contributed by atoms with van der Waals surface area (Å²) in [6, 6.07) is 28.2. The van der Waals surface area contributed by atoms with Crippen molar-refractivity contribution in [1.29, 1.82) is 0 Å². The van der Waals surface area contributed by atoms with Crippen LogP contribution in [0.3, 0.4) is 0 Å². The number of para-hydroxylation sites is 2. The first kappa shape index (κ1) is 54.1. The number of aromatic nitrogens is 2. The molecule has 0 bridgehead atoms. The fourth-order valence-corrected chi connectivity index (χ4v) is 6.38. The van der Waals surface area contributed by atoms with E-state index in [0.29, 0.717) is 29.5 Å². The quantitative estimate of drug-likeness (QED) is 0.0504. The molecule has 0 saturated carbocycles. The summed E-state index contributed by atoms with van der Waals surface area (Å²) >= 11 is 0. The van der Waals surface area contributed by atoms with Gasteiger partial charge in [-0.2, -0.15) is 0 Å². The largest absolute Gasteiger partial charge is 0.468 e. The van der Waals surface area contributed by atoms with Gasteiger partial charge in [-0.25, -0.2) is 9.59 Å². The van der Waals surface area contributed by atoms with Crippen LogP contribution in [0.4, 0.5) is 0 Å². The van der Waals surface area contributed by atoms with Gasteiger partial charge in [0.15, 0.2) is 0 Å². The predicted molar refractivity (Wildman–Crippen MR) is 256 cm³/mol. The maximum Gasteiger partial charge on any atom is 0.337 e. The molecule has 13 heteroatoms. The van der Waals surface area contributed by atoms with Gasteiger partial charge in [-0.3, -0.25) is 19.7 Å². The fourth-order valence-electron chi connectivity index (χ4n) is 6.38. The van der Waals surface area contributed by atoms with Gasteiger partial charge in [-0.05, 0) is 76.8 Å². The number of ether oxygens (including phenoxy) is 4. The van der Waals surface area contributed by atoms with Crippen LogP contribution in [0, 0.1) is 36.5 Å². The lowest BCUT2D eigenvalue weighted by Crippen LogP contribution is -2.45. The summed E-state index contributed by atoms with van der Waals surface area (Å²) in [5.41, 5.74) is 13.4. The number of hydrogen-bond acceptors (Lipinski definition) is 11. The lowest BCUT2D eigenvalue weighted by Gasteiger charge is -2.30. The van der Waals surface area contributed by atoms with Crippen LogP contribution in [0.15, 0.2) is 103 Å². The molecule has 5 N–H and O–H groups in total. The van der Waals surface area contributed by atoms with Gasteiger partial charge in [-0.1, -0.05) is 82.9 Å². The maximum absolute atomic E-state index is 12.2. The summed E-state index contributed by atoms with van der Waals surface area (Å²) in [7, 11) is 5.42. The van der Waals surface area contributed by atoms with Crippen molar-refractivity contribution in [2.45, 2.75) is 53.2 Å². The standard InChI is InChI=1S/C21H20N2O4.C12H14N2O2.C9H8O3.C6H2.3CH4.2H2/c1-26-20(24)13-9-7-12(8-10-13)18-19-15(11-17(23-18)21(25)27-2)14-5-3-4-6-16(14)22-19;1-16-12(15)10(13)6-8-7-14-11-5-3-2-4-9(8)11;1-12-9(11)8-4-2-7(6-10)3-5-8;1-3-5-6-4-2;;;;;/h3-10,17-18,22-23H,11H2,1-2H3;2-5,7,10,14H,6,13H2,1H3;2-6H,1H3;1-2H;3*1H4;2*1H/t17-,18?;;;;;;;;/m0......../s1. The zero-order chi connectivity index (χ0) is 44.3. The average molecular weight is 873 g/mol. The highest BCUT2D eigenvalue weighted by Crippen LogP contribution is 2.35. The van der Waals surface area contributed by atoms with Crippen LogP contribution in [0.1, 0.15) is 84.6 Å². The second-order valence-electron chi connectivity index (χ2n) is 13.0. The molecule has 0 saturated heterocycles. The number of esters is 4. The summed E-state index contributed by atoms with van der Waals surface area (Å²) in [5, 5.41) is 5.59. The molecule has 4 aromatic carbocycles. The molecule has 13 nitrogen and oxygen atoms in total. The molecular formula is C51H60N4O9. The van der Waals surface area contributed by atoms with Crippen LogP contribution < -0.4 is 11.1 Å². The zero-order valence-electron chi connectivity index (χ0n) is 33.9. The molecule has 1 aliphatic rings. The van der Waals surface area contributed by atoms with Crippen molar-refractivity contribution in [3.8, 4) is 36.5 Å². The number of rotatable bonds is 8. The number of nitrogens with two attached hydrogens (primary N) is 1. The van der Waals surface area contributed by atoms with E-state index in [1.807, 2.05) is 60.8 Å². The molecule has 7 rings (SSSR count). The Bertz CT molecular complexity index is 2610. The first-order chi connectivity index (χ1) is 29.5. The van der Waals surface area contributed by atoms with Crippen molar-refractivity contribution in [1.82, 2.24) is 15.3 Å². The van der Waals surface area contributed by atoms with E-state index in [0.717, 1.165) is 50.5 Å². The zero-order valence-corrected chi connectivity index (χ0v) is 33.9. The molecule has 338 valence electrons. The highest BCUT2D eigenvalue weighted by Gasteiger charge is 2.34. The van der Waals surface area contributed by atoms with E-state index >= 15 is 0 Å². The molecule has 6 aromatic rings. The lowest BCUT2D eigenvalue weighted by molar-refractivity contribution is -0.143. The molecule has 3 atom stereocenters. The average Bonchev–Trinajstić information content (AvgIpc) is 3.91. The first-order valence-corrected chi connectivity index (χ1v) is 18.6. The number of nitrogens with one attached hydrogen (secondary N) is 3. The van der Waals surface area contributed by atoms with Gasteiger partial charge in [0.25, 0.3) is 0 Å². The van der Waals surface area contributed by atoms with Crippen LogP contribution in [-0.2, 0) is 41.4 Å². The SMILES string of the molecule is C.C.C.C#CC#CC#C.COC(=O)C(N)Cc1c[nH]c2ccccc12.COC(=O)c1ccc(C2N[C@H](C(=O)OC)Cc3c2[nH]c2ccccc32)cc1.COC(=O)c1ccc(C=O)cc1.[HH].[HH]. The lowest BCUT2D eigenvalue weighted by atomic mass is 9.90. The van der Waals surface area contributed by atoms with Gasteiger partial charge in [0.05, 0.1) is 45.6 Å².